The highest BCUT2D eigenvalue weighted by molar-refractivity contribution is 6.31. The van der Waals surface area contributed by atoms with Crippen LogP contribution in [0.4, 0.5) is 13.2 Å². The lowest BCUT2D eigenvalue weighted by Gasteiger charge is -2.27. The van der Waals surface area contributed by atoms with Gasteiger partial charge >= 0.3 is 0 Å². The molecule has 1 aromatic carbocycles. The molecule has 1 heterocycles. The first kappa shape index (κ1) is 13.6. The number of nitrogens with one attached hydrogen (secondary N) is 1. The summed E-state index contributed by atoms with van der Waals surface area (Å²) in [6.45, 7) is 4.14. The lowest BCUT2D eigenvalue weighted by molar-refractivity contribution is 0.243. The second kappa shape index (κ2) is 5.91. The molecule has 1 saturated heterocycles. The Kier molecular flexibility index (Phi) is 4.48. The molecule has 100 valence electrons. The summed E-state index contributed by atoms with van der Waals surface area (Å²) in [4.78, 5) is 2.14. The minimum Gasteiger partial charge on any atom is -0.314 e. The van der Waals surface area contributed by atoms with Crippen LogP contribution in [-0.4, -0.2) is 37.6 Å². The lowest BCUT2D eigenvalue weighted by atomic mass is 10.1. The molecule has 0 atom stereocenters. The first-order valence-electron chi connectivity index (χ1n) is 5.84. The zero-order valence-corrected chi connectivity index (χ0v) is 10.5. The summed E-state index contributed by atoms with van der Waals surface area (Å²) in [6, 6.07) is 0.888. The normalized spacial score (nSPS) is 17.1. The second-order valence-electron chi connectivity index (χ2n) is 4.30. The van der Waals surface area contributed by atoms with Gasteiger partial charge in [-0.2, -0.15) is 0 Å². The number of nitrogens with zero attached hydrogens (tertiary/aromatic N) is 1. The average molecular weight is 279 g/mol. The summed E-state index contributed by atoms with van der Waals surface area (Å²) in [6.07, 6.45) is 0.322. The van der Waals surface area contributed by atoms with Crippen LogP contribution in [0.25, 0.3) is 0 Å². The van der Waals surface area contributed by atoms with Crippen LogP contribution < -0.4 is 5.32 Å². The third kappa shape index (κ3) is 2.96. The van der Waals surface area contributed by atoms with Gasteiger partial charge in [0.2, 0.25) is 0 Å². The largest absolute Gasteiger partial charge is 0.314 e. The van der Waals surface area contributed by atoms with Crippen LogP contribution in [0.2, 0.25) is 5.02 Å². The van der Waals surface area contributed by atoms with Crippen molar-refractivity contribution >= 4 is 11.6 Å². The van der Waals surface area contributed by atoms with Crippen molar-refractivity contribution in [1.29, 1.82) is 0 Å². The Bertz CT molecular complexity index is 434. The number of benzene rings is 1. The molecule has 0 unspecified atom stereocenters. The molecule has 0 bridgehead atoms. The zero-order valence-electron chi connectivity index (χ0n) is 9.78. The van der Waals surface area contributed by atoms with E-state index in [-0.39, 0.29) is 5.56 Å². The van der Waals surface area contributed by atoms with E-state index < -0.39 is 22.5 Å². The molecule has 0 radical (unpaired) electrons. The van der Waals surface area contributed by atoms with E-state index in [4.69, 9.17) is 11.6 Å². The van der Waals surface area contributed by atoms with E-state index in [1.807, 2.05) is 0 Å². The third-order valence-electron chi connectivity index (χ3n) is 3.08. The van der Waals surface area contributed by atoms with Crippen molar-refractivity contribution in [2.75, 3.05) is 32.7 Å². The SMILES string of the molecule is Fc1cc(CCN2CCNCC2)c(F)c(Cl)c1F. The van der Waals surface area contributed by atoms with Crippen molar-refractivity contribution in [3.05, 3.63) is 34.1 Å². The van der Waals surface area contributed by atoms with E-state index in [9.17, 15) is 13.2 Å². The summed E-state index contributed by atoms with van der Waals surface area (Å²) in [5, 5.41) is 2.44. The van der Waals surface area contributed by atoms with E-state index in [1.54, 1.807) is 0 Å². The molecule has 0 spiro atoms. The molecule has 1 aliphatic rings. The predicted molar refractivity (Wildman–Crippen MR) is 64.3 cm³/mol. The fraction of sp³-hybridized carbons (Fsp3) is 0.500. The Morgan fingerprint density at radius 3 is 2.50 bits per heavy atom. The Hall–Kier alpha value is -0.780. The van der Waals surface area contributed by atoms with Crippen molar-refractivity contribution in [1.82, 2.24) is 10.2 Å². The third-order valence-corrected chi connectivity index (χ3v) is 3.42. The van der Waals surface area contributed by atoms with Gasteiger partial charge in [-0.25, -0.2) is 13.2 Å². The van der Waals surface area contributed by atoms with Gasteiger partial charge in [-0.05, 0) is 18.1 Å². The van der Waals surface area contributed by atoms with Crippen molar-refractivity contribution in [2.24, 2.45) is 0 Å². The minimum absolute atomic E-state index is 0.123. The van der Waals surface area contributed by atoms with E-state index in [1.165, 1.54) is 0 Å². The average Bonchev–Trinajstić information content (AvgIpc) is 2.40. The molecule has 1 fully saturated rings. The Labute approximate surface area is 109 Å². The van der Waals surface area contributed by atoms with E-state index in [0.29, 0.717) is 13.0 Å². The van der Waals surface area contributed by atoms with E-state index in [0.717, 1.165) is 32.2 Å². The lowest BCUT2D eigenvalue weighted by Crippen LogP contribution is -2.44. The van der Waals surface area contributed by atoms with Crippen molar-refractivity contribution in [3.8, 4) is 0 Å². The number of rotatable bonds is 3. The maximum Gasteiger partial charge on any atom is 0.180 e. The van der Waals surface area contributed by atoms with Crippen LogP contribution in [0.15, 0.2) is 6.07 Å². The van der Waals surface area contributed by atoms with Crippen LogP contribution >= 0.6 is 11.6 Å². The molecule has 1 aromatic rings. The van der Waals surface area contributed by atoms with Gasteiger partial charge in [0.25, 0.3) is 0 Å². The smallest absolute Gasteiger partial charge is 0.180 e. The fourth-order valence-corrected chi connectivity index (χ4v) is 2.23. The van der Waals surface area contributed by atoms with Gasteiger partial charge in [0.15, 0.2) is 11.6 Å². The van der Waals surface area contributed by atoms with Crippen LogP contribution in [0.3, 0.4) is 0 Å². The summed E-state index contributed by atoms with van der Waals surface area (Å²) >= 11 is 5.40. The van der Waals surface area contributed by atoms with Gasteiger partial charge < -0.3 is 10.2 Å². The topological polar surface area (TPSA) is 15.3 Å². The zero-order chi connectivity index (χ0) is 13.1. The number of hydrogen-bond acceptors (Lipinski definition) is 2. The van der Waals surface area contributed by atoms with Crippen LogP contribution in [0, 0.1) is 17.5 Å². The first-order chi connectivity index (χ1) is 8.59. The summed E-state index contributed by atoms with van der Waals surface area (Å²) in [5.74, 6) is -3.28. The molecule has 0 amide bonds. The molecular weight excluding hydrogens is 265 g/mol. The molecule has 1 N–H and O–H groups in total. The highest BCUT2D eigenvalue weighted by atomic mass is 35.5. The predicted octanol–water partition coefficient (Wildman–Crippen LogP) is 2.21. The molecule has 0 saturated carbocycles. The summed E-state index contributed by atoms with van der Waals surface area (Å²) in [7, 11) is 0. The first-order valence-corrected chi connectivity index (χ1v) is 6.22. The van der Waals surface area contributed by atoms with Crippen LogP contribution in [0.5, 0.6) is 0 Å². The van der Waals surface area contributed by atoms with Gasteiger partial charge in [0, 0.05) is 32.7 Å². The van der Waals surface area contributed by atoms with Crippen LogP contribution in [0.1, 0.15) is 5.56 Å². The Morgan fingerprint density at radius 2 is 1.83 bits per heavy atom. The molecule has 0 aliphatic carbocycles. The van der Waals surface area contributed by atoms with Gasteiger partial charge in [0.05, 0.1) is 0 Å². The second-order valence-corrected chi connectivity index (χ2v) is 4.68. The van der Waals surface area contributed by atoms with Gasteiger partial charge in [-0.3, -0.25) is 0 Å². The van der Waals surface area contributed by atoms with Crippen LogP contribution in [-0.2, 0) is 6.42 Å². The quantitative estimate of drug-likeness (QED) is 0.674. The maximum atomic E-state index is 13.6. The standard InChI is InChI=1S/C12H14ClF3N2/c13-10-11(15)8(7-9(14)12(10)16)1-4-18-5-2-17-3-6-18/h7,17H,1-6H2. The molecular formula is C12H14ClF3N2. The molecule has 0 aromatic heterocycles. The fourth-order valence-electron chi connectivity index (χ4n) is 2.02. The highest BCUT2D eigenvalue weighted by Crippen LogP contribution is 2.25. The van der Waals surface area contributed by atoms with Crippen molar-refractivity contribution in [3.63, 3.8) is 0 Å². The Morgan fingerprint density at radius 1 is 1.17 bits per heavy atom. The Balaban J connectivity index is 2.05. The molecule has 2 rings (SSSR count). The summed E-state index contributed by atoms with van der Waals surface area (Å²) in [5.41, 5.74) is 0.123. The molecule has 1 aliphatic heterocycles. The maximum absolute atomic E-state index is 13.6. The monoisotopic (exact) mass is 278 g/mol. The minimum atomic E-state index is -1.32. The number of halogens is 4. The number of hydrogen-bond donors (Lipinski definition) is 1. The van der Waals surface area contributed by atoms with Gasteiger partial charge in [-0.1, -0.05) is 11.6 Å². The van der Waals surface area contributed by atoms with E-state index >= 15 is 0 Å². The molecule has 2 nitrogen and oxygen atoms in total. The number of piperazine rings is 1. The molecule has 6 heteroatoms. The highest BCUT2D eigenvalue weighted by Gasteiger charge is 2.18. The van der Waals surface area contributed by atoms with Gasteiger partial charge in [-0.15, -0.1) is 0 Å². The van der Waals surface area contributed by atoms with Gasteiger partial charge in [0.1, 0.15) is 10.8 Å². The molecule has 18 heavy (non-hydrogen) atoms. The van der Waals surface area contributed by atoms with Crippen molar-refractivity contribution < 1.29 is 13.2 Å². The van der Waals surface area contributed by atoms with E-state index in [2.05, 4.69) is 10.2 Å². The van der Waals surface area contributed by atoms with Crippen molar-refractivity contribution in [2.45, 2.75) is 6.42 Å². The summed E-state index contributed by atoms with van der Waals surface area (Å²) < 4.78 is 39.8.